The minimum absolute atomic E-state index is 0.00901. The molecule has 8 heteroatoms. The summed E-state index contributed by atoms with van der Waals surface area (Å²) in [5.41, 5.74) is 9.84. The second-order valence-electron chi connectivity index (χ2n) is 10.4. The summed E-state index contributed by atoms with van der Waals surface area (Å²) >= 11 is 1.62. The fourth-order valence-corrected chi connectivity index (χ4v) is 7.00. The van der Waals surface area contributed by atoms with Gasteiger partial charge in [-0.1, -0.05) is 18.2 Å². The molecule has 2 fully saturated rings. The Kier molecular flexibility index (Phi) is 6.42. The van der Waals surface area contributed by atoms with Crippen molar-refractivity contribution >= 4 is 38.2 Å². The number of alkyl halides is 1. The summed E-state index contributed by atoms with van der Waals surface area (Å²) in [6, 6.07) is 13.9. The van der Waals surface area contributed by atoms with E-state index < -0.39 is 6.17 Å². The molecule has 2 aromatic carbocycles. The van der Waals surface area contributed by atoms with Crippen molar-refractivity contribution in [3.63, 3.8) is 0 Å². The third kappa shape index (κ3) is 4.51. The predicted octanol–water partition coefficient (Wildman–Crippen LogP) is 4.99. The molecule has 4 aromatic rings. The second kappa shape index (κ2) is 9.74. The molecule has 1 saturated heterocycles. The topological polar surface area (TPSA) is 80.7 Å². The van der Waals surface area contributed by atoms with Crippen LogP contribution in [-0.2, 0) is 13.0 Å². The molecular formula is C29H32FN3O3S. The number of nitrogens with zero attached hydrogens (tertiary/aromatic N) is 2. The minimum Gasteiger partial charge on any atom is -0.496 e. The molecule has 2 atom stereocenters. The van der Waals surface area contributed by atoms with Gasteiger partial charge in [0.05, 0.1) is 24.2 Å². The van der Waals surface area contributed by atoms with Crippen LogP contribution in [0, 0.1) is 5.92 Å². The van der Waals surface area contributed by atoms with E-state index in [0.717, 1.165) is 32.8 Å². The van der Waals surface area contributed by atoms with Crippen molar-refractivity contribution in [3.8, 4) is 16.3 Å². The molecule has 194 valence electrons. The van der Waals surface area contributed by atoms with E-state index in [-0.39, 0.29) is 31.5 Å². The van der Waals surface area contributed by atoms with Gasteiger partial charge in [0.1, 0.15) is 11.9 Å². The summed E-state index contributed by atoms with van der Waals surface area (Å²) in [5.74, 6) is 1.05. The van der Waals surface area contributed by atoms with E-state index in [2.05, 4.69) is 34.9 Å². The van der Waals surface area contributed by atoms with E-state index in [1.165, 1.54) is 28.6 Å². The van der Waals surface area contributed by atoms with Crippen molar-refractivity contribution in [2.45, 2.75) is 44.4 Å². The maximum Gasteiger partial charge on any atom is 0.254 e. The number of hydrogen-bond donors (Lipinski definition) is 2. The quantitative estimate of drug-likeness (QED) is 0.359. The van der Waals surface area contributed by atoms with Gasteiger partial charge in [0.15, 0.2) is 0 Å². The first-order valence-corrected chi connectivity index (χ1v) is 13.8. The molecule has 2 aliphatic rings. The zero-order valence-electron chi connectivity index (χ0n) is 21.0. The van der Waals surface area contributed by atoms with Gasteiger partial charge < -0.3 is 25.0 Å². The summed E-state index contributed by atoms with van der Waals surface area (Å²) in [6.07, 6.45) is 2.15. The standard InChI is InChI=1S/C29H32FN3O3S/c1-36-25-11-19(29(35)32-15-20(30)13-21(31)16-32)12-26-27(25)22(8-9-34)28(37-26)24-10-18-4-2-3-5-23(18)33(24)14-17-6-7-17/h2-5,10-12,17,20-21,34H,6-9,13-16,31H2,1H3/t20-,21-/m1/s1. The number of aliphatic hydroxyl groups excluding tert-OH is 1. The number of aliphatic hydroxyl groups is 1. The monoisotopic (exact) mass is 521 g/mol. The number of aromatic nitrogens is 1. The van der Waals surface area contributed by atoms with E-state index in [1.54, 1.807) is 24.5 Å². The first kappa shape index (κ1) is 24.4. The van der Waals surface area contributed by atoms with Crippen molar-refractivity contribution < 1.29 is 19.0 Å². The van der Waals surface area contributed by atoms with Gasteiger partial charge in [0, 0.05) is 52.3 Å². The number of likely N-dealkylation sites (tertiary alicyclic amines) is 1. The van der Waals surface area contributed by atoms with Crippen LogP contribution in [0.2, 0.25) is 0 Å². The van der Waals surface area contributed by atoms with Crippen LogP contribution < -0.4 is 10.5 Å². The molecular weight excluding hydrogens is 489 g/mol. The van der Waals surface area contributed by atoms with Crippen molar-refractivity contribution in [3.05, 3.63) is 53.6 Å². The summed E-state index contributed by atoms with van der Waals surface area (Å²) in [4.78, 5) is 16.0. The molecule has 3 heterocycles. The lowest BCUT2D eigenvalue weighted by molar-refractivity contribution is 0.0606. The number of thiophene rings is 1. The average Bonchev–Trinajstić information content (AvgIpc) is 3.54. The summed E-state index contributed by atoms with van der Waals surface area (Å²) in [7, 11) is 1.60. The van der Waals surface area contributed by atoms with Gasteiger partial charge in [0.2, 0.25) is 0 Å². The number of carbonyl (C=O) groups excluding carboxylic acids is 1. The maximum atomic E-state index is 14.2. The number of para-hydroxylation sites is 1. The van der Waals surface area contributed by atoms with Crippen molar-refractivity contribution in [2.24, 2.45) is 11.7 Å². The van der Waals surface area contributed by atoms with E-state index >= 15 is 0 Å². The second-order valence-corrected chi connectivity index (χ2v) is 11.4. The number of carbonyl (C=O) groups is 1. The molecule has 0 bridgehead atoms. The molecule has 1 saturated carbocycles. The number of nitrogens with two attached hydrogens (primary N) is 1. The Morgan fingerprint density at radius 3 is 2.76 bits per heavy atom. The third-order valence-electron chi connectivity index (χ3n) is 7.58. The van der Waals surface area contributed by atoms with Gasteiger partial charge in [-0.25, -0.2) is 4.39 Å². The number of methoxy groups -OCH3 is 1. The Morgan fingerprint density at radius 1 is 1.22 bits per heavy atom. The lowest BCUT2D eigenvalue weighted by atomic mass is 10.0. The van der Waals surface area contributed by atoms with Crippen LogP contribution >= 0.6 is 11.3 Å². The van der Waals surface area contributed by atoms with E-state index in [4.69, 9.17) is 10.5 Å². The normalized spacial score (nSPS) is 20.2. The van der Waals surface area contributed by atoms with E-state index in [0.29, 0.717) is 30.2 Å². The van der Waals surface area contributed by atoms with Crippen molar-refractivity contribution in [1.82, 2.24) is 9.47 Å². The largest absolute Gasteiger partial charge is 0.496 e. The Morgan fingerprint density at radius 2 is 2.03 bits per heavy atom. The molecule has 0 spiro atoms. The molecule has 1 amide bonds. The highest BCUT2D eigenvalue weighted by atomic mass is 32.1. The number of halogens is 1. The summed E-state index contributed by atoms with van der Waals surface area (Å²) in [5, 5.41) is 12.1. The van der Waals surface area contributed by atoms with Gasteiger partial charge in [-0.15, -0.1) is 11.3 Å². The van der Waals surface area contributed by atoms with Crippen LogP contribution in [0.15, 0.2) is 42.5 Å². The van der Waals surface area contributed by atoms with Crippen molar-refractivity contribution in [2.75, 3.05) is 26.8 Å². The predicted molar refractivity (Wildman–Crippen MR) is 146 cm³/mol. The van der Waals surface area contributed by atoms with Gasteiger partial charge in [-0.2, -0.15) is 0 Å². The maximum absolute atomic E-state index is 14.2. The Bertz CT molecular complexity index is 1460. The molecule has 3 N–H and O–H groups in total. The highest BCUT2D eigenvalue weighted by Crippen LogP contribution is 2.46. The average molecular weight is 522 g/mol. The highest BCUT2D eigenvalue weighted by Gasteiger charge is 2.30. The highest BCUT2D eigenvalue weighted by molar-refractivity contribution is 7.22. The Balaban J connectivity index is 1.50. The number of fused-ring (bicyclic) bond motifs is 2. The van der Waals surface area contributed by atoms with Crippen LogP contribution in [0.3, 0.4) is 0 Å². The van der Waals surface area contributed by atoms with Crippen LogP contribution in [0.25, 0.3) is 31.6 Å². The molecule has 37 heavy (non-hydrogen) atoms. The fourth-order valence-electron chi connectivity index (χ4n) is 5.67. The SMILES string of the molecule is COc1cc(C(=O)N2C[C@H](N)C[C@@H](F)C2)cc2sc(-c3cc4ccccc4n3CC3CC3)c(CCO)c12. The van der Waals surface area contributed by atoms with Crippen LogP contribution in [0.5, 0.6) is 5.75 Å². The summed E-state index contributed by atoms with van der Waals surface area (Å²) in [6.45, 7) is 1.37. The van der Waals surface area contributed by atoms with E-state index in [1.807, 2.05) is 6.07 Å². The minimum atomic E-state index is -1.11. The number of benzene rings is 2. The zero-order chi connectivity index (χ0) is 25.7. The number of hydrogen-bond acceptors (Lipinski definition) is 5. The van der Waals surface area contributed by atoms with Crippen LogP contribution in [-0.4, -0.2) is 59.5 Å². The van der Waals surface area contributed by atoms with Gasteiger partial charge >= 0.3 is 0 Å². The molecule has 6 rings (SSSR count). The van der Waals surface area contributed by atoms with Crippen molar-refractivity contribution in [1.29, 1.82) is 0 Å². The number of amides is 1. The lowest BCUT2D eigenvalue weighted by Crippen LogP contribution is -2.50. The van der Waals surface area contributed by atoms with Gasteiger partial charge in [0.25, 0.3) is 5.91 Å². The zero-order valence-corrected chi connectivity index (χ0v) is 21.8. The first-order chi connectivity index (χ1) is 18.0. The van der Waals surface area contributed by atoms with E-state index in [9.17, 15) is 14.3 Å². The Labute approximate surface area is 219 Å². The number of piperidine rings is 1. The van der Waals surface area contributed by atoms with Crippen LogP contribution in [0.1, 0.15) is 35.2 Å². The van der Waals surface area contributed by atoms with Gasteiger partial charge in [-0.3, -0.25) is 4.79 Å². The Hall–Kier alpha value is -2.94. The molecule has 6 nitrogen and oxygen atoms in total. The molecule has 0 unspecified atom stereocenters. The molecule has 0 radical (unpaired) electrons. The first-order valence-electron chi connectivity index (χ1n) is 13.0. The van der Waals surface area contributed by atoms with Crippen LogP contribution in [0.4, 0.5) is 4.39 Å². The summed E-state index contributed by atoms with van der Waals surface area (Å²) < 4.78 is 23.3. The molecule has 1 aliphatic carbocycles. The molecule has 1 aliphatic heterocycles. The number of ether oxygens (including phenoxy) is 1. The fraction of sp³-hybridized carbons (Fsp3) is 0.414. The van der Waals surface area contributed by atoms with Gasteiger partial charge in [-0.05, 0) is 61.4 Å². The lowest BCUT2D eigenvalue weighted by Gasteiger charge is -2.33. The third-order valence-corrected chi connectivity index (χ3v) is 8.78. The molecule has 2 aromatic heterocycles. The number of rotatable bonds is 7. The smallest absolute Gasteiger partial charge is 0.254 e.